The lowest BCUT2D eigenvalue weighted by Crippen LogP contribution is -2.27. The molecule has 0 aromatic heterocycles. The molecule has 22 heavy (non-hydrogen) atoms. The van der Waals surface area contributed by atoms with Gasteiger partial charge >= 0.3 is 5.97 Å². The number of aryl methyl sites for hydroxylation is 2. The Morgan fingerprint density at radius 1 is 1.14 bits per heavy atom. The van der Waals surface area contributed by atoms with E-state index in [1.54, 1.807) is 0 Å². The van der Waals surface area contributed by atoms with Crippen LogP contribution >= 0.6 is 0 Å². The highest BCUT2D eigenvalue weighted by Gasteiger charge is 2.38. The van der Waals surface area contributed by atoms with Gasteiger partial charge in [0.05, 0.1) is 13.0 Å². The molecular formula is C19H20O3. The number of ether oxygens (including phenoxy) is 1. The lowest BCUT2D eigenvalue weighted by atomic mass is 9.80. The molecule has 3 nitrogen and oxygen atoms in total. The van der Waals surface area contributed by atoms with Crippen molar-refractivity contribution in [1.29, 1.82) is 0 Å². The first-order chi connectivity index (χ1) is 10.6. The zero-order valence-electron chi connectivity index (χ0n) is 12.7. The molecule has 1 heterocycles. The number of benzene rings is 2. The predicted molar refractivity (Wildman–Crippen MR) is 85.4 cm³/mol. The van der Waals surface area contributed by atoms with Crippen LogP contribution in [0.15, 0.2) is 48.5 Å². The fourth-order valence-corrected chi connectivity index (χ4v) is 3.06. The third kappa shape index (κ3) is 2.98. The fraction of sp³-hybridized carbons (Fsp3) is 0.316. The van der Waals surface area contributed by atoms with Crippen molar-refractivity contribution in [1.82, 2.24) is 0 Å². The van der Waals surface area contributed by atoms with E-state index >= 15 is 0 Å². The van der Waals surface area contributed by atoms with Crippen LogP contribution in [0.2, 0.25) is 0 Å². The lowest BCUT2D eigenvalue weighted by molar-refractivity contribution is -0.138. The van der Waals surface area contributed by atoms with Gasteiger partial charge in [-0.3, -0.25) is 4.79 Å². The van der Waals surface area contributed by atoms with Gasteiger partial charge in [-0.25, -0.2) is 0 Å². The summed E-state index contributed by atoms with van der Waals surface area (Å²) in [6.45, 7) is 2.41. The second-order valence-corrected chi connectivity index (χ2v) is 6.24. The minimum absolute atomic E-state index is 0.0993. The van der Waals surface area contributed by atoms with Gasteiger partial charge in [-0.05, 0) is 30.0 Å². The predicted octanol–water partition coefficient (Wildman–Crippen LogP) is 3.60. The van der Waals surface area contributed by atoms with E-state index in [0.29, 0.717) is 6.61 Å². The SMILES string of the molecule is C[C@]1(CC(=O)O)COc2ccc(CCc3ccccc3)cc21. The number of aliphatic carboxylic acids is 1. The summed E-state index contributed by atoms with van der Waals surface area (Å²) in [7, 11) is 0. The Morgan fingerprint density at radius 2 is 1.86 bits per heavy atom. The Bertz CT molecular complexity index is 678. The van der Waals surface area contributed by atoms with Crippen molar-refractivity contribution in [2.24, 2.45) is 0 Å². The molecular weight excluding hydrogens is 276 g/mol. The first-order valence-electron chi connectivity index (χ1n) is 7.59. The highest BCUT2D eigenvalue weighted by molar-refractivity contribution is 5.70. The minimum Gasteiger partial charge on any atom is -0.492 e. The van der Waals surface area contributed by atoms with E-state index in [1.165, 1.54) is 11.1 Å². The summed E-state index contributed by atoms with van der Waals surface area (Å²) in [6.07, 6.45) is 2.03. The lowest BCUT2D eigenvalue weighted by Gasteiger charge is -2.20. The van der Waals surface area contributed by atoms with Gasteiger partial charge in [0.25, 0.3) is 0 Å². The van der Waals surface area contributed by atoms with Gasteiger partial charge < -0.3 is 9.84 Å². The molecule has 0 radical (unpaired) electrons. The Morgan fingerprint density at radius 3 is 2.59 bits per heavy atom. The number of carbonyl (C=O) groups is 1. The molecule has 0 fully saturated rings. The highest BCUT2D eigenvalue weighted by atomic mass is 16.5. The Labute approximate surface area is 130 Å². The summed E-state index contributed by atoms with van der Waals surface area (Å²) in [5.41, 5.74) is 3.14. The maximum Gasteiger partial charge on any atom is 0.304 e. The number of hydrogen-bond acceptors (Lipinski definition) is 2. The van der Waals surface area contributed by atoms with Gasteiger partial charge in [-0.2, -0.15) is 0 Å². The summed E-state index contributed by atoms with van der Waals surface area (Å²) in [5, 5.41) is 9.13. The van der Waals surface area contributed by atoms with Crippen LogP contribution in [0.1, 0.15) is 30.0 Å². The van der Waals surface area contributed by atoms with Gasteiger partial charge in [-0.15, -0.1) is 0 Å². The summed E-state index contributed by atoms with van der Waals surface area (Å²) in [6, 6.07) is 16.6. The van der Waals surface area contributed by atoms with Gasteiger partial charge in [0.1, 0.15) is 5.75 Å². The standard InChI is InChI=1S/C19H20O3/c1-19(12-18(20)21)13-22-17-10-9-15(11-16(17)19)8-7-14-5-3-2-4-6-14/h2-6,9-11H,7-8,12-13H2,1H3,(H,20,21)/t19-/m0/s1. The van der Waals surface area contributed by atoms with Gasteiger partial charge in [0, 0.05) is 11.0 Å². The molecule has 0 unspecified atom stereocenters. The van der Waals surface area contributed by atoms with Crippen molar-refractivity contribution < 1.29 is 14.6 Å². The number of hydrogen-bond donors (Lipinski definition) is 1. The molecule has 0 amide bonds. The molecule has 2 aromatic rings. The van der Waals surface area contributed by atoms with E-state index < -0.39 is 11.4 Å². The van der Waals surface area contributed by atoms with E-state index in [-0.39, 0.29) is 6.42 Å². The monoisotopic (exact) mass is 296 g/mol. The molecule has 0 aliphatic carbocycles. The Balaban J connectivity index is 1.78. The van der Waals surface area contributed by atoms with E-state index in [4.69, 9.17) is 9.84 Å². The van der Waals surface area contributed by atoms with Crippen molar-refractivity contribution >= 4 is 5.97 Å². The molecule has 0 saturated heterocycles. The average molecular weight is 296 g/mol. The zero-order chi connectivity index (χ0) is 15.6. The smallest absolute Gasteiger partial charge is 0.304 e. The van der Waals surface area contributed by atoms with Crippen molar-refractivity contribution in [3.05, 3.63) is 65.2 Å². The maximum absolute atomic E-state index is 11.1. The summed E-state index contributed by atoms with van der Waals surface area (Å²) in [4.78, 5) is 11.1. The average Bonchev–Trinajstić information content (AvgIpc) is 2.82. The zero-order valence-corrected chi connectivity index (χ0v) is 12.7. The molecule has 0 spiro atoms. The Hall–Kier alpha value is -2.29. The van der Waals surface area contributed by atoms with Crippen molar-refractivity contribution in [2.45, 2.75) is 31.6 Å². The molecule has 1 atom stereocenters. The maximum atomic E-state index is 11.1. The summed E-state index contributed by atoms with van der Waals surface area (Å²) < 4.78 is 5.67. The van der Waals surface area contributed by atoms with Crippen LogP contribution in [0.5, 0.6) is 5.75 Å². The van der Waals surface area contributed by atoms with Crippen LogP contribution < -0.4 is 4.74 Å². The van der Waals surface area contributed by atoms with Crippen molar-refractivity contribution in [2.75, 3.05) is 6.61 Å². The van der Waals surface area contributed by atoms with Crippen LogP contribution in [0.3, 0.4) is 0 Å². The first kappa shape index (κ1) is 14.6. The molecule has 3 heteroatoms. The van der Waals surface area contributed by atoms with Crippen molar-refractivity contribution in [3.8, 4) is 5.75 Å². The highest BCUT2D eigenvalue weighted by Crippen LogP contribution is 2.41. The molecule has 0 saturated carbocycles. The summed E-state index contributed by atoms with van der Waals surface area (Å²) >= 11 is 0. The van der Waals surface area contributed by atoms with Gasteiger partial charge in [0.15, 0.2) is 0 Å². The first-order valence-corrected chi connectivity index (χ1v) is 7.59. The third-order valence-electron chi connectivity index (χ3n) is 4.33. The molecule has 1 aliphatic heterocycles. The molecule has 3 rings (SSSR count). The van der Waals surface area contributed by atoms with Gasteiger partial charge in [-0.1, -0.05) is 49.4 Å². The number of carboxylic acid groups (broad SMARTS) is 1. The fourth-order valence-electron chi connectivity index (χ4n) is 3.06. The van der Waals surface area contributed by atoms with Crippen LogP contribution in [0.4, 0.5) is 0 Å². The van der Waals surface area contributed by atoms with E-state index in [2.05, 4.69) is 36.4 Å². The number of fused-ring (bicyclic) bond motifs is 1. The van der Waals surface area contributed by atoms with Crippen LogP contribution in [-0.2, 0) is 23.1 Å². The largest absolute Gasteiger partial charge is 0.492 e. The van der Waals surface area contributed by atoms with E-state index in [9.17, 15) is 4.79 Å². The Kier molecular flexibility index (Phi) is 3.88. The van der Waals surface area contributed by atoms with E-state index in [1.807, 2.05) is 19.1 Å². The normalized spacial score (nSPS) is 19.5. The van der Waals surface area contributed by atoms with Gasteiger partial charge in [0.2, 0.25) is 0 Å². The third-order valence-corrected chi connectivity index (χ3v) is 4.33. The number of carboxylic acids is 1. The second-order valence-electron chi connectivity index (χ2n) is 6.24. The summed E-state index contributed by atoms with van der Waals surface area (Å²) in [5.74, 6) is 0.0425. The topological polar surface area (TPSA) is 46.5 Å². The molecule has 2 aromatic carbocycles. The second kappa shape index (κ2) is 5.84. The molecule has 0 bridgehead atoms. The molecule has 1 N–H and O–H groups in total. The quantitative estimate of drug-likeness (QED) is 0.917. The minimum atomic E-state index is -0.784. The number of rotatable bonds is 5. The van der Waals surface area contributed by atoms with Crippen LogP contribution in [-0.4, -0.2) is 17.7 Å². The van der Waals surface area contributed by atoms with Crippen LogP contribution in [0, 0.1) is 0 Å². The van der Waals surface area contributed by atoms with E-state index in [0.717, 1.165) is 24.2 Å². The molecule has 1 aliphatic rings. The van der Waals surface area contributed by atoms with Crippen LogP contribution in [0.25, 0.3) is 0 Å². The van der Waals surface area contributed by atoms with Crippen molar-refractivity contribution in [3.63, 3.8) is 0 Å². The molecule has 114 valence electrons.